The van der Waals surface area contributed by atoms with E-state index in [1.165, 1.54) is 11.8 Å². The topological polar surface area (TPSA) is 37.3 Å². The van der Waals surface area contributed by atoms with Crippen LogP contribution in [0.4, 0.5) is 0 Å². The summed E-state index contributed by atoms with van der Waals surface area (Å²) < 4.78 is 0. The lowest BCUT2D eigenvalue weighted by molar-refractivity contribution is -0.107. The summed E-state index contributed by atoms with van der Waals surface area (Å²) in [5.74, 6) is 0.244. The third kappa shape index (κ3) is 2.07. The summed E-state index contributed by atoms with van der Waals surface area (Å²) in [4.78, 5) is 11.5. The molecular weight excluding hydrogens is 208 g/mol. The van der Waals surface area contributed by atoms with Crippen LogP contribution >= 0.6 is 11.8 Å². The molecule has 15 heavy (non-hydrogen) atoms. The van der Waals surface area contributed by atoms with Crippen LogP contribution in [-0.4, -0.2) is 15.5 Å². The zero-order chi connectivity index (χ0) is 10.8. The van der Waals surface area contributed by atoms with Crippen molar-refractivity contribution < 1.29 is 9.90 Å². The Morgan fingerprint density at radius 2 is 2.00 bits per heavy atom. The van der Waals surface area contributed by atoms with Crippen LogP contribution in [0.2, 0.25) is 0 Å². The normalized spacial score (nSPS) is 21.1. The molecule has 0 saturated carbocycles. The molecule has 0 aromatic heterocycles. The first-order valence-electron chi connectivity index (χ1n) is 4.85. The van der Waals surface area contributed by atoms with Crippen molar-refractivity contribution in [2.75, 3.05) is 0 Å². The van der Waals surface area contributed by atoms with E-state index in [0.29, 0.717) is 12.0 Å². The van der Waals surface area contributed by atoms with Crippen LogP contribution in [0.1, 0.15) is 12.5 Å². The van der Waals surface area contributed by atoms with Gasteiger partial charge in [0.15, 0.2) is 0 Å². The van der Waals surface area contributed by atoms with Gasteiger partial charge in [-0.3, -0.25) is 4.79 Å². The van der Waals surface area contributed by atoms with Crippen molar-refractivity contribution in [2.45, 2.75) is 18.6 Å². The lowest BCUT2D eigenvalue weighted by atomic mass is 10.0. The Bertz CT molecular complexity index is 409. The number of carbonyl (C=O) groups is 1. The van der Waals surface area contributed by atoms with E-state index in [-0.39, 0.29) is 16.1 Å². The van der Waals surface area contributed by atoms with Crippen LogP contribution in [0.3, 0.4) is 0 Å². The fourth-order valence-corrected chi connectivity index (χ4v) is 2.49. The minimum absolute atomic E-state index is 0.00357. The molecule has 0 fully saturated rings. The van der Waals surface area contributed by atoms with Crippen molar-refractivity contribution in [3.05, 3.63) is 47.2 Å². The summed E-state index contributed by atoms with van der Waals surface area (Å²) in [7, 11) is 0. The molecule has 0 spiro atoms. The average molecular weight is 220 g/mol. The number of aliphatic hydroxyl groups excluding tert-OH is 1. The highest BCUT2D eigenvalue weighted by atomic mass is 32.2. The van der Waals surface area contributed by atoms with Gasteiger partial charge in [0.25, 0.3) is 0 Å². The van der Waals surface area contributed by atoms with Crippen molar-refractivity contribution in [1.29, 1.82) is 0 Å². The van der Waals surface area contributed by atoms with Crippen molar-refractivity contribution >= 4 is 16.9 Å². The third-order valence-corrected chi connectivity index (χ3v) is 3.49. The summed E-state index contributed by atoms with van der Waals surface area (Å²) in [5.41, 5.74) is 1.61. The molecule has 0 bridgehead atoms. The van der Waals surface area contributed by atoms with Gasteiger partial charge < -0.3 is 5.11 Å². The van der Waals surface area contributed by atoms with Crippen molar-refractivity contribution in [3.63, 3.8) is 0 Å². The largest absolute Gasteiger partial charge is 0.511 e. The van der Waals surface area contributed by atoms with Gasteiger partial charge in [-0.15, -0.1) is 0 Å². The fourth-order valence-electron chi connectivity index (χ4n) is 1.60. The number of thioether (sulfide) groups is 1. The number of carbonyl (C=O) groups excluding carboxylic acids is 1. The van der Waals surface area contributed by atoms with Crippen LogP contribution in [0.25, 0.3) is 0 Å². The molecule has 1 aliphatic rings. The lowest BCUT2D eigenvalue weighted by Crippen LogP contribution is -1.99. The average Bonchev–Trinajstić information content (AvgIpc) is 2.47. The Morgan fingerprint density at radius 1 is 1.33 bits per heavy atom. The minimum Gasteiger partial charge on any atom is -0.511 e. The van der Waals surface area contributed by atoms with Crippen molar-refractivity contribution in [2.24, 2.45) is 0 Å². The zero-order valence-electron chi connectivity index (χ0n) is 8.43. The van der Waals surface area contributed by atoms with Gasteiger partial charge in [-0.1, -0.05) is 42.1 Å². The molecule has 1 aromatic rings. The first kappa shape index (κ1) is 10.3. The Balaban J connectivity index is 2.23. The smallest absolute Gasteiger partial charge is 0.219 e. The molecule has 0 aliphatic carbocycles. The maximum absolute atomic E-state index is 11.5. The molecule has 2 nitrogen and oxygen atoms in total. The molecule has 1 atom stereocenters. The highest BCUT2D eigenvalue weighted by Gasteiger charge is 2.29. The van der Waals surface area contributed by atoms with Gasteiger partial charge in [0.1, 0.15) is 5.76 Å². The Hall–Kier alpha value is -1.22. The Labute approximate surface area is 93.0 Å². The third-order valence-electron chi connectivity index (χ3n) is 2.45. The summed E-state index contributed by atoms with van der Waals surface area (Å²) in [6, 6.07) is 9.72. The molecular formula is C12H12O2S. The maximum atomic E-state index is 11.5. The van der Waals surface area contributed by atoms with Crippen molar-refractivity contribution in [1.82, 2.24) is 0 Å². The second-order valence-corrected chi connectivity index (χ2v) is 4.89. The van der Waals surface area contributed by atoms with Crippen LogP contribution < -0.4 is 0 Å². The second-order valence-electron chi connectivity index (χ2n) is 3.57. The number of benzene rings is 1. The van der Waals surface area contributed by atoms with E-state index >= 15 is 0 Å². The van der Waals surface area contributed by atoms with Crippen LogP contribution in [0, 0.1) is 0 Å². The molecule has 78 valence electrons. The van der Waals surface area contributed by atoms with E-state index in [0.717, 1.165) is 5.56 Å². The highest BCUT2D eigenvalue weighted by Crippen LogP contribution is 2.33. The summed E-state index contributed by atoms with van der Waals surface area (Å²) in [5, 5.41) is 9.64. The molecule has 1 aromatic carbocycles. The number of hydrogen-bond acceptors (Lipinski definition) is 3. The minimum atomic E-state index is -0.0868. The SMILES string of the molecule is CC1SC(=O)C(Cc2ccccc2)=C1O. The number of rotatable bonds is 2. The van der Waals surface area contributed by atoms with E-state index in [2.05, 4.69) is 0 Å². The van der Waals surface area contributed by atoms with E-state index in [1.54, 1.807) is 0 Å². The van der Waals surface area contributed by atoms with Gasteiger partial charge in [0, 0.05) is 12.0 Å². The van der Waals surface area contributed by atoms with Crippen LogP contribution in [0.15, 0.2) is 41.7 Å². The first-order valence-corrected chi connectivity index (χ1v) is 5.73. The molecule has 1 unspecified atom stereocenters. The maximum Gasteiger partial charge on any atom is 0.219 e. The molecule has 2 rings (SSSR count). The molecule has 0 radical (unpaired) electrons. The van der Waals surface area contributed by atoms with Gasteiger partial charge >= 0.3 is 0 Å². The fraction of sp³-hybridized carbons (Fsp3) is 0.250. The van der Waals surface area contributed by atoms with Crippen LogP contribution in [-0.2, 0) is 11.2 Å². The number of hydrogen-bond donors (Lipinski definition) is 1. The molecule has 3 heteroatoms. The standard InChI is InChI=1S/C12H12O2S/c1-8-11(13)10(12(14)15-8)7-9-5-3-2-4-6-9/h2-6,8,13H,7H2,1H3. The van der Waals surface area contributed by atoms with Crippen molar-refractivity contribution in [3.8, 4) is 0 Å². The number of aliphatic hydroxyl groups is 1. The highest BCUT2D eigenvalue weighted by molar-refractivity contribution is 8.15. The molecule has 0 saturated heterocycles. The van der Waals surface area contributed by atoms with Gasteiger partial charge in [0.2, 0.25) is 5.12 Å². The zero-order valence-corrected chi connectivity index (χ0v) is 9.25. The Kier molecular flexibility index (Phi) is 2.82. The molecule has 1 aliphatic heterocycles. The summed E-state index contributed by atoms with van der Waals surface area (Å²) in [6.07, 6.45) is 0.531. The summed E-state index contributed by atoms with van der Waals surface area (Å²) >= 11 is 1.19. The second kappa shape index (κ2) is 4.11. The van der Waals surface area contributed by atoms with Gasteiger partial charge in [-0.05, 0) is 12.5 Å². The van der Waals surface area contributed by atoms with E-state index in [9.17, 15) is 9.90 Å². The summed E-state index contributed by atoms with van der Waals surface area (Å²) in [6.45, 7) is 1.84. The lowest BCUT2D eigenvalue weighted by Gasteiger charge is -2.01. The van der Waals surface area contributed by atoms with Gasteiger partial charge in [0.05, 0.1) is 5.25 Å². The van der Waals surface area contributed by atoms with Crippen LogP contribution in [0.5, 0.6) is 0 Å². The monoisotopic (exact) mass is 220 g/mol. The van der Waals surface area contributed by atoms with E-state index < -0.39 is 0 Å². The van der Waals surface area contributed by atoms with Gasteiger partial charge in [-0.25, -0.2) is 0 Å². The molecule has 1 heterocycles. The molecule has 0 amide bonds. The predicted octanol–water partition coefficient (Wildman–Crippen LogP) is 2.70. The quantitative estimate of drug-likeness (QED) is 0.832. The van der Waals surface area contributed by atoms with E-state index in [1.807, 2.05) is 37.3 Å². The molecule has 1 N–H and O–H groups in total. The van der Waals surface area contributed by atoms with Gasteiger partial charge in [-0.2, -0.15) is 0 Å². The predicted molar refractivity (Wildman–Crippen MR) is 61.9 cm³/mol. The van der Waals surface area contributed by atoms with E-state index in [4.69, 9.17) is 0 Å². The first-order chi connectivity index (χ1) is 7.18. The Morgan fingerprint density at radius 3 is 2.53 bits per heavy atom.